The number of rotatable bonds is 6. The molecule has 0 spiro atoms. The van der Waals surface area contributed by atoms with E-state index in [0.717, 1.165) is 36.3 Å². The molecule has 2 N–H and O–H groups in total. The van der Waals surface area contributed by atoms with E-state index < -0.39 is 0 Å². The summed E-state index contributed by atoms with van der Waals surface area (Å²) in [4.78, 5) is 2.44. The van der Waals surface area contributed by atoms with E-state index in [0.29, 0.717) is 6.54 Å². The molecule has 0 saturated carbocycles. The molecule has 1 aliphatic heterocycles. The number of halogens is 1. The summed E-state index contributed by atoms with van der Waals surface area (Å²) in [5, 5.41) is 0. The molecular weight excluding hydrogens is 316 g/mol. The largest absolute Gasteiger partial charge is 0.488 e. The van der Waals surface area contributed by atoms with Gasteiger partial charge >= 0.3 is 0 Å². The van der Waals surface area contributed by atoms with Gasteiger partial charge in [-0.3, -0.25) is 4.90 Å². The lowest BCUT2D eigenvalue weighted by Crippen LogP contribution is -2.43. The van der Waals surface area contributed by atoms with E-state index in [-0.39, 0.29) is 11.5 Å². The fourth-order valence-corrected chi connectivity index (χ4v) is 3.06. The van der Waals surface area contributed by atoms with Crippen LogP contribution in [-0.2, 0) is 6.42 Å². The number of hydrogen-bond acceptors (Lipinski definition) is 3. The number of likely N-dealkylation sites (N-methyl/N-ethyl adjacent to an activating group) is 1. The molecule has 0 fully saturated rings. The molecule has 1 aliphatic rings. The van der Waals surface area contributed by atoms with Crippen LogP contribution in [0.2, 0.25) is 0 Å². The zero-order valence-electron chi connectivity index (χ0n) is 12.7. The summed E-state index contributed by atoms with van der Waals surface area (Å²) in [5.74, 6) is 1.03. The van der Waals surface area contributed by atoms with Crippen LogP contribution in [0.3, 0.4) is 0 Å². The van der Waals surface area contributed by atoms with E-state index in [1.165, 1.54) is 5.56 Å². The minimum atomic E-state index is 0.157. The molecule has 0 saturated heterocycles. The third kappa shape index (κ3) is 3.96. The Morgan fingerprint density at radius 3 is 2.85 bits per heavy atom. The maximum Gasteiger partial charge on any atom is 0.123 e. The molecule has 0 aliphatic carbocycles. The highest BCUT2D eigenvalue weighted by molar-refractivity contribution is 9.10. The predicted molar refractivity (Wildman–Crippen MR) is 87.2 cm³/mol. The standard InChI is InChI=1S/C16H25BrN2O/c1-4-19(11-16(2,3)10-18)9-14-8-12-7-13(17)5-6-15(12)20-14/h5-7,14H,4,8-11,18H2,1-3H3. The van der Waals surface area contributed by atoms with Crippen LogP contribution in [0.15, 0.2) is 22.7 Å². The van der Waals surface area contributed by atoms with Gasteiger partial charge in [-0.1, -0.05) is 36.7 Å². The lowest BCUT2D eigenvalue weighted by atomic mass is 9.93. The van der Waals surface area contributed by atoms with Gasteiger partial charge in [0.05, 0.1) is 0 Å². The van der Waals surface area contributed by atoms with Crippen molar-refractivity contribution in [3.05, 3.63) is 28.2 Å². The number of nitrogens with zero attached hydrogens (tertiary/aromatic N) is 1. The number of nitrogens with two attached hydrogens (primary N) is 1. The number of hydrogen-bond donors (Lipinski definition) is 1. The zero-order valence-corrected chi connectivity index (χ0v) is 14.2. The fraction of sp³-hybridized carbons (Fsp3) is 0.625. The molecule has 20 heavy (non-hydrogen) atoms. The lowest BCUT2D eigenvalue weighted by molar-refractivity contribution is 0.121. The quantitative estimate of drug-likeness (QED) is 0.864. The van der Waals surface area contributed by atoms with Gasteiger partial charge in [0.2, 0.25) is 0 Å². The zero-order chi connectivity index (χ0) is 14.8. The minimum Gasteiger partial charge on any atom is -0.488 e. The molecule has 4 heteroatoms. The summed E-state index contributed by atoms with van der Waals surface area (Å²) in [6.07, 6.45) is 1.25. The van der Waals surface area contributed by atoms with Gasteiger partial charge in [-0.2, -0.15) is 0 Å². The predicted octanol–water partition coefficient (Wildman–Crippen LogP) is 3.06. The highest BCUT2D eigenvalue weighted by atomic mass is 79.9. The first-order valence-electron chi connectivity index (χ1n) is 7.31. The van der Waals surface area contributed by atoms with Gasteiger partial charge in [0.1, 0.15) is 11.9 Å². The van der Waals surface area contributed by atoms with Gasteiger partial charge in [0, 0.05) is 24.0 Å². The summed E-state index contributed by atoms with van der Waals surface area (Å²) in [6.45, 7) is 10.4. The van der Waals surface area contributed by atoms with Crippen molar-refractivity contribution in [1.82, 2.24) is 4.90 Å². The Labute approximate surface area is 130 Å². The Morgan fingerprint density at radius 1 is 1.45 bits per heavy atom. The van der Waals surface area contributed by atoms with Crippen molar-refractivity contribution in [2.75, 3.05) is 26.2 Å². The summed E-state index contributed by atoms with van der Waals surface area (Å²) in [6, 6.07) is 6.26. The van der Waals surface area contributed by atoms with Gasteiger partial charge in [0.25, 0.3) is 0 Å². The molecule has 1 heterocycles. The molecule has 1 aromatic rings. The van der Waals surface area contributed by atoms with Crippen LogP contribution < -0.4 is 10.5 Å². The molecular formula is C16H25BrN2O. The molecule has 2 rings (SSSR count). The average Bonchev–Trinajstić information content (AvgIpc) is 2.79. The first kappa shape index (κ1) is 15.8. The molecule has 112 valence electrons. The SMILES string of the molecule is CCN(CC1Cc2cc(Br)ccc2O1)CC(C)(C)CN. The lowest BCUT2D eigenvalue weighted by Gasteiger charge is -2.32. The second-order valence-electron chi connectivity index (χ2n) is 6.39. The monoisotopic (exact) mass is 340 g/mol. The Morgan fingerprint density at radius 2 is 2.20 bits per heavy atom. The van der Waals surface area contributed by atoms with Crippen molar-refractivity contribution in [3.63, 3.8) is 0 Å². The topological polar surface area (TPSA) is 38.5 Å². The highest BCUT2D eigenvalue weighted by Gasteiger charge is 2.27. The third-order valence-corrected chi connectivity index (χ3v) is 4.37. The second-order valence-corrected chi connectivity index (χ2v) is 7.31. The molecule has 1 aromatic carbocycles. The van der Waals surface area contributed by atoms with E-state index in [9.17, 15) is 0 Å². The molecule has 0 aromatic heterocycles. The molecule has 1 atom stereocenters. The summed E-state index contributed by atoms with van der Waals surface area (Å²) in [7, 11) is 0. The van der Waals surface area contributed by atoms with E-state index >= 15 is 0 Å². The van der Waals surface area contributed by atoms with Gasteiger partial charge in [-0.05, 0) is 42.3 Å². The number of fused-ring (bicyclic) bond motifs is 1. The summed E-state index contributed by atoms with van der Waals surface area (Å²) in [5.41, 5.74) is 7.30. The van der Waals surface area contributed by atoms with Gasteiger partial charge in [-0.15, -0.1) is 0 Å². The van der Waals surface area contributed by atoms with Crippen LogP contribution in [0.4, 0.5) is 0 Å². The summed E-state index contributed by atoms with van der Waals surface area (Å²) < 4.78 is 7.17. The summed E-state index contributed by atoms with van der Waals surface area (Å²) >= 11 is 3.52. The van der Waals surface area contributed by atoms with Gasteiger partial charge in [0.15, 0.2) is 0 Å². The van der Waals surface area contributed by atoms with E-state index in [2.05, 4.69) is 53.7 Å². The highest BCUT2D eigenvalue weighted by Crippen LogP contribution is 2.31. The van der Waals surface area contributed by atoms with Crippen molar-refractivity contribution in [1.29, 1.82) is 0 Å². The fourth-order valence-electron chi connectivity index (χ4n) is 2.65. The smallest absolute Gasteiger partial charge is 0.123 e. The Balaban J connectivity index is 1.94. The van der Waals surface area contributed by atoms with Crippen molar-refractivity contribution < 1.29 is 4.74 Å². The second kappa shape index (κ2) is 6.46. The van der Waals surface area contributed by atoms with Crippen LogP contribution in [0, 0.1) is 5.41 Å². The Hall–Kier alpha value is -0.580. The van der Waals surface area contributed by atoms with E-state index in [4.69, 9.17) is 10.5 Å². The van der Waals surface area contributed by atoms with E-state index in [1.807, 2.05) is 6.07 Å². The average molecular weight is 341 g/mol. The molecule has 1 unspecified atom stereocenters. The number of ether oxygens (including phenoxy) is 1. The van der Waals surface area contributed by atoms with Crippen molar-refractivity contribution in [2.24, 2.45) is 11.1 Å². The van der Waals surface area contributed by atoms with E-state index in [1.54, 1.807) is 0 Å². The molecule has 0 amide bonds. The molecule has 0 bridgehead atoms. The van der Waals surface area contributed by atoms with Crippen LogP contribution >= 0.6 is 15.9 Å². The Bertz CT molecular complexity index is 462. The Kier molecular flexibility index (Phi) is 5.10. The number of benzene rings is 1. The van der Waals surface area contributed by atoms with Crippen LogP contribution in [0.5, 0.6) is 5.75 Å². The van der Waals surface area contributed by atoms with Crippen LogP contribution in [-0.4, -0.2) is 37.2 Å². The van der Waals surface area contributed by atoms with Gasteiger partial charge in [-0.25, -0.2) is 0 Å². The molecule has 3 nitrogen and oxygen atoms in total. The normalized spacial score (nSPS) is 18.2. The van der Waals surface area contributed by atoms with Crippen LogP contribution in [0.1, 0.15) is 26.3 Å². The van der Waals surface area contributed by atoms with Crippen molar-refractivity contribution in [3.8, 4) is 5.75 Å². The third-order valence-electron chi connectivity index (χ3n) is 3.88. The maximum absolute atomic E-state index is 6.05. The molecule has 0 radical (unpaired) electrons. The first-order valence-corrected chi connectivity index (χ1v) is 8.10. The minimum absolute atomic E-state index is 0.157. The van der Waals surface area contributed by atoms with Gasteiger partial charge < -0.3 is 10.5 Å². The first-order chi connectivity index (χ1) is 9.43. The maximum atomic E-state index is 6.05. The van der Waals surface area contributed by atoms with Crippen LogP contribution in [0.25, 0.3) is 0 Å². The van der Waals surface area contributed by atoms with Crippen molar-refractivity contribution in [2.45, 2.75) is 33.3 Å². The van der Waals surface area contributed by atoms with Crippen molar-refractivity contribution >= 4 is 15.9 Å².